The molecule has 4 nitrogen and oxygen atoms in total. The van der Waals surface area contributed by atoms with Crippen LogP contribution in [0.25, 0.3) is 0 Å². The van der Waals surface area contributed by atoms with E-state index in [4.69, 9.17) is 0 Å². The van der Waals surface area contributed by atoms with E-state index in [0.29, 0.717) is 19.4 Å². The second kappa shape index (κ2) is 6.32. The number of carbonyl (C=O) groups is 2. The van der Waals surface area contributed by atoms with Gasteiger partial charge in [-0.25, -0.2) is 4.79 Å². The predicted octanol–water partition coefficient (Wildman–Crippen LogP) is 2.96. The van der Waals surface area contributed by atoms with Crippen LogP contribution in [-0.2, 0) is 24.2 Å². The second-order valence-corrected chi connectivity index (χ2v) is 6.40. The highest BCUT2D eigenvalue weighted by atomic mass is 32.1. The number of aromatic carboxylic acids is 1. The van der Waals surface area contributed by atoms with Crippen LogP contribution < -0.4 is 0 Å². The first kappa shape index (κ1) is 14.8. The van der Waals surface area contributed by atoms with Crippen LogP contribution in [0.1, 0.15) is 32.8 Å². The Morgan fingerprint density at radius 1 is 1.23 bits per heavy atom. The number of benzene rings is 1. The highest BCUT2D eigenvalue weighted by Gasteiger charge is 2.21. The van der Waals surface area contributed by atoms with Gasteiger partial charge in [0.2, 0.25) is 5.91 Å². The lowest BCUT2D eigenvalue weighted by Crippen LogP contribution is -2.35. The molecule has 1 N–H and O–H groups in total. The molecule has 22 heavy (non-hydrogen) atoms. The van der Waals surface area contributed by atoms with Gasteiger partial charge >= 0.3 is 5.97 Å². The number of hydrogen-bond acceptors (Lipinski definition) is 3. The van der Waals surface area contributed by atoms with E-state index in [-0.39, 0.29) is 11.5 Å². The summed E-state index contributed by atoms with van der Waals surface area (Å²) in [5, 5.41) is 11.2. The number of amides is 1. The summed E-state index contributed by atoms with van der Waals surface area (Å²) in [5.41, 5.74) is 2.25. The van der Waals surface area contributed by atoms with Crippen LogP contribution in [0.2, 0.25) is 0 Å². The molecule has 0 aliphatic carbocycles. The molecule has 1 aromatic carbocycles. The number of rotatable bonds is 4. The Morgan fingerprint density at radius 3 is 2.86 bits per heavy atom. The van der Waals surface area contributed by atoms with E-state index in [1.807, 2.05) is 11.0 Å². The van der Waals surface area contributed by atoms with Crippen LogP contribution in [0.4, 0.5) is 0 Å². The minimum absolute atomic E-state index is 0.0945. The first-order chi connectivity index (χ1) is 10.6. The molecule has 0 unspecified atom stereocenters. The Balaban J connectivity index is 1.63. The lowest BCUT2D eigenvalue weighted by Gasteiger charge is -2.27. The van der Waals surface area contributed by atoms with Gasteiger partial charge in [0, 0.05) is 24.4 Å². The molecule has 2 aromatic rings. The second-order valence-electron chi connectivity index (χ2n) is 5.40. The summed E-state index contributed by atoms with van der Waals surface area (Å²) in [5.74, 6) is -0.846. The van der Waals surface area contributed by atoms with Gasteiger partial charge < -0.3 is 10.0 Å². The summed E-state index contributed by atoms with van der Waals surface area (Å²) in [4.78, 5) is 26.8. The summed E-state index contributed by atoms with van der Waals surface area (Å²) in [6.07, 6.45) is 1.74. The van der Waals surface area contributed by atoms with Gasteiger partial charge in [-0.3, -0.25) is 4.79 Å². The topological polar surface area (TPSA) is 57.6 Å². The molecular formula is C17H17NO3S. The molecule has 0 fully saturated rings. The molecular weight excluding hydrogens is 298 g/mol. The third-order valence-corrected chi connectivity index (χ3v) is 5.04. The quantitative estimate of drug-likeness (QED) is 0.943. The lowest BCUT2D eigenvalue weighted by molar-refractivity contribution is -0.132. The predicted molar refractivity (Wildman–Crippen MR) is 85.2 cm³/mol. The Kier molecular flexibility index (Phi) is 4.24. The maximum atomic E-state index is 12.4. The van der Waals surface area contributed by atoms with Gasteiger partial charge in [-0.1, -0.05) is 18.2 Å². The molecule has 5 heteroatoms. The van der Waals surface area contributed by atoms with Crippen molar-refractivity contribution in [3.63, 3.8) is 0 Å². The number of nitrogens with zero attached hydrogens (tertiary/aromatic N) is 1. The summed E-state index contributed by atoms with van der Waals surface area (Å²) < 4.78 is 0. The zero-order valence-corrected chi connectivity index (χ0v) is 12.9. The molecule has 0 saturated carbocycles. The molecule has 0 spiro atoms. The van der Waals surface area contributed by atoms with Gasteiger partial charge in [-0.15, -0.1) is 11.3 Å². The number of aryl methyl sites for hydroxylation is 1. The van der Waals surface area contributed by atoms with Crippen LogP contribution >= 0.6 is 11.3 Å². The van der Waals surface area contributed by atoms with Gasteiger partial charge in [0.15, 0.2) is 0 Å². The molecule has 2 heterocycles. The molecule has 1 aliphatic rings. The number of carbonyl (C=O) groups excluding carboxylic acids is 1. The molecule has 1 amide bonds. The van der Waals surface area contributed by atoms with Gasteiger partial charge in [0.25, 0.3) is 0 Å². The van der Waals surface area contributed by atoms with Crippen molar-refractivity contribution in [2.24, 2.45) is 0 Å². The van der Waals surface area contributed by atoms with Crippen molar-refractivity contribution in [1.82, 2.24) is 4.90 Å². The van der Waals surface area contributed by atoms with E-state index < -0.39 is 5.97 Å². The van der Waals surface area contributed by atoms with Crippen LogP contribution in [0.3, 0.4) is 0 Å². The van der Waals surface area contributed by atoms with Crippen molar-refractivity contribution >= 4 is 23.2 Å². The van der Waals surface area contributed by atoms with E-state index in [1.165, 1.54) is 10.4 Å². The molecule has 1 aliphatic heterocycles. The number of hydrogen-bond donors (Lipinski definition) is 1. The third-order valence-electron chi connectivity index (χ3n) is 4.02. The van der Waals surface area contributed by atoms with Crippen LogP contribution in [0.15, 0.2) is 35.7 Å². The standard InChI is InChI=1S/C17H17NO3S/c19-16(18-9-7-15-13(11-18)8-10-22-15)6-5-12-3-1-2-4-14(12)17(20)21/h1-4,8,10H,5-7,9,11H2,(H,20,21). The molecule has 0 bridgehead atoms. The number of fused-ring (bicyclic) bond motifs is 1. The fourth-order valence-electron chi connectivity index (χ4n) is 2.81. The molecule has 0 saturated heterocycles. The summed E-state index contributed by atoms with van der Waals surface area (Å²) >= 11 is 1.75. The number of carboxylic acid groups (broad SMARTS) is 1. The average Bonchev–Trinajstić information content (AvgIpc) is 3.00. The highest BCUT2D eigenvalue weighted by molar-refractivity contribution is 7.10. The van der Waals surface area contributed by atoms with Crippen molar-refractivity contribution in [1.29, 1.82) is 0 Å². The summed E-state index contributed by atoms with van der Waals surface area (Å²) in [6, 6.07) is 8.96. The van der Waals surface area contributed by atoms with Crippen molar-refractivity contribution in [3.05, 3.63) is 57.3 Å². The average molecular weight is 315 g/mol. The lowest BCUT2D eigenvalue weighted by atomic mass is 10.0. The smallest absolute Gasteiger partial charge is 0.335 e. The van der Waals surface area contributed by atoms with Crippen molar-refractivity contribution in [2.45, 2.75) is 25.8 Å². The maximum Gasteiger partial charge on any atom is 0.335 e. The molecule has 0 radical (unpaired) electrons. The fourth-order valence-corrected chi connectivity index (χ4v) is 3.70. The Bertz CT molecular complexity index is 707. The van der Waals surface area contributed by atoms with E-state index in [2.05, 4.69) is 11.4 Å². The largest absolute Gasteiger partial charge is 0.478 e. The first-order valence-corrected chi connectivity index (χ1v) is 8.17. The van der Waals surface area contributed by atoms with Crippen molar-refractivity contribution in [2.75, 3.05) is 6.54 Å². The van der Waals surface area contributed by atoms with Gasteiger partial charge in [0.1, 0.15) is 0 Å². The zero-order valence-electron chi connectivity index (χ0n) is 12.1. The SMILES string of the molecule is O=C(O)c1ccccc1CCC(=O)N1CCc2sccc2C1. The molecule has 114 valence electrons. The van der Waals surface area contributed by atoms with E-state index >= 15 is 0 Å². The van der Waals surface area contributed by atoms with E-state index in [9.17, 15) is 14.7 Å². The van der Waals surface area contributed by atoms with Crippen molar-refractivity contribution < 1.29 is 14.7 Å². The zero-order chi connectivity index (χ0) is 15.5. The van der Waals surface area contributed by atoms with E-state index in [1.54, 1.807) is 29.5 Å². The monoisotopic (exact) mass is 315 g/mol. The fraction of sp³-hybridized carbons (Fsp3) is 0.294. The molecule has 0 atom stereocenters. The number of carboxylic acids is 1. The van der Waals surface area contributed by atoms with Crippen LogP contribution in [0, 0.1) is 0 Å². The maximum absolute atomic E-state index is 12.4. The van der Waals surface area contributed by atoms with Gasteiger partial charge in [-0.2, -0.15) is 0 Å². The minimum Gasteiger partial charge on any atom is -0.478 e. The Labute approximate surface area is 133 Å². The summed E-state index contributed by atoms with van der Waals surface area (Å²) in [7, 11) is 0. The van der Waals surface area contributed by atoms with Gasteiger partial charge in [0.05, 0.1) is 5.56 Å². The Hall–Kier alpha value is -2.14. The van der Waals surface area contributed by atoms with Crippen molar-refractivity contribution in [3.8, 4) is 0 Å². The third kappa shape index (κ3) is 3.04. The number of thiophene rings is 1. The van der Waals surface area contributed by atoms with E-state index in [0.717, 1.165) is 18.5 Å². The summed E-state index contributed by atoms with van der Waals surface area (Å²) in [6.45, 7) is 1.44. The minimum atomic E-state index is -0.941. The highest BCUT2D eigenvalue weighted by Crippen LogP contribution is 2.24. The molecule has 1 aromatic heterocycles. The Morgan fingerprint density at radius 2 is 2.05 bits per heavy atom. The van der Waals surface area contributed by atoms with Gasteiger partial charge in [-0.05, 0) is 41.5 Å². The van der Waals surface area contributed by atoms with Crippen LogP contribution in [0.5, 0.6) is 0 Å². The van der Waals surface area contributed by atoms with Crippen LogP contribution in [-0.4, -0.2) is 28.4 Å². The molecule has 3 rings (SSSR count). The normalized spacial score (nSPS) is 13.7. The first-order valence-electron chi connectivity index (χ1n) is 7.29.